The van der Waals surface area contributed by atoms with Crippen molar-refractivity contribution in [3.63, 3.8) is 0 Å². The minimum absolute atomic E-state index is 0.172. The van der Waals surface area contributed by atoms with E-state index in [9.17, 15) is 9.59 Å². The van der Waals surface area contributed by atoms with E-state index in [1.165, 1.54) is 10.9 Å². The zero-order valence-electron chi connectivity index (χ0n) is 14.9. The van der Waals surface area contributed by atoms with Gasteiger partial charge in [-0.25, -0.2) is 4.79 Å². The lowest BCUT2D eigenvalue weighted by Gasteiger charge is -2.11. The van der Waals surface area contributed by atoms with E-state index >= 15 is 0 Å². The van der Waals surface area contributed by atoms with Gasteiger partial charge in [-0.1, -0.05) is 26.0 Å². The van der Waals surface area contributed by atoms with Gasteiger partial charge in [-0.05, 0) is 30.5 Å². The van der Waals surface area contributed by atoms with Crippen LogP contribution in [0.2, 0.25) is 0 Å². The highest BCUT2D eigenvalue weighted by molar-refractivity contribution is 6.00. The second-order valence-corrected chi connectivity index (χ2v) is 5.81. The van der Waals surface area contributed by atoms with Gasteiger partial charge in [0.1, 0.15) is 17.1 Å². The fraction of sp³-hybridized carbons (Fsp3) is 0.389. The first-order chi connectivity index (χ1) is 11.9. The zero-order chi connectivity index (χ0) is 18.4. The maximum absolute atomic E-state index is 12.2. The van der Waals surface area contributed by atoms with Crippen molar-refractivity contribution in [2.45, 2.75) is 26.7 Å². The molecule has 2 aromatic rings. The molecule has 0 aliphatic heterocycles. The largest absolute Gasteiger partial charge is 0.484 e. The van der Waals surface area contributed by atoms with E-state index < -0.39 is 5.97 Å². The molecule has 1 amide bonds. The Balaban J connectivity index is 2.00. The number of anilines is 1. The number of esters is 1. The summed E-state index contributed by atoms with van der Waals surface area (Å²) in [7, 11) is 1.63. The molecular formula is C18H23N3O4. The van der Waals surface area contributed by atoms with Crippen LogP contribution in [-0.4, -0.2) is 34.9 Å². The second-order valence-electron chi connectivity index (χ2n) is 5.81. The van der Waals surface area contributed by atoms with Crippen LogP contribution in [0.15, 0.2) is 30.5 Å². The number of carbonyl (C=O) groups is 2. The first-order valence-electron chi connectivity index (χ1n) is 8.14. The van der Waals surface area contributed by atoms with Gasteiger partial charge in [0.25, 0.3) is 5.91 Å². The number of rotatable bonds is 7. The molecule has 25 heavy (non-hydrogen) atoms. The highest BCUT2D eigenvalue weighted by atomic mass is 16.5. The Hall–Kier alpha value is -2.83. The molecule has 1 heterocycles. The van der Waals surface area contributed by atoms with Crippen LogP contribution in [0.3, 0.4) is 0 Å². The van der Waals surface area contributed by atoms with Crippen LogP contribution in [0.4, 0.5) is 5.82 Å². The second kappa shape index (κ2) is 8.32. The highest BCUT2D eigenvalue weighted by Gasteiger charge is 2.19. The Morgan fingerprint density at radius 2 is 2.08 bits per heavy atom. The number of ether oxygens (including phenoxy) is 2. The van der Waals surface area contributed by atoms with Crippen molar-refractivity contribution in [2.75, 3.05) is 18.5 Å². The van der Waals surface area contributed by atoms with E-state index in [4.69, 9.17) is 9.47 Å². The number of nitrogens with zero attached hydrogens (tertiary/aromatic N) is 2. The molecule has 0 atom stereocenters. The number of hydrogen-bond donors (Lipinski definition) is 1. The smallest absolute Gasteiger partial charge is 0.343 e. The lowest BCUT2D eigenvalue weighted by atomic mass is 10.0. The first kappa shape index (κ1) is 18.5. The molecule has 0 fully saturated rings. The number of benzene rings is 1. The standard InChI is InChI=1S/C18H23N3O4/c1-5-24-18(23)15-10-19-21(4)17(15)20-16(22)11-25-14-8-6-7-13(9-14)12(2)3/h6-10,12H,5,11H2,1-4H3,(H,20,22). The molecule has 0 unspecified atom stereocenters. The molecule has 0 saturated carbocycles. The van der Waals surface area contributed by atoms with Crippen molar-refractivity contribution < 1.29 is 19.1 Å². The third-order valence-corrected chi connectivity index (χ3v) is 3.59. The van der Waals surface area contributed by atoms with Gasteiger partial charge in [-0.15, -0.1) is 0 Å². The lowest BCUT2D eigenvalue weighted by Crippen LogP contribution is -2.23. The van der Waals surface area contributed by atoms with Gasteiger partial charge in [0.05, 0.1) is 12.8 Å². The quantitative estimate of drug-likeness (QED) is 0.780. The van der Waals surface area contributed by atoms with E-state index in [1.54, 1.807) is 20.0 Å². The third kappa shape index (κ3) is 4.82. The zero-order valence-corrected chi connectivity index (χ0v) is 14.9. The van der Waals surface area contributed by atoms with Crippen molar-refractivity contribution in [3.8, 4) is 5.75 Å². The predicted molar refractivity (Wildman–Crippen MR) is 93.8 cm³/mol. The number of hydrogen-bond acceptors (Lipinski definition) is 5. The minimum atomic E-state index is -0.531. The van der Waals surface area contributed by atoms with Crippen molar-refractivity contribution in [3.05, 3.63) is 41.6 Å². The van der Waals surface area contributed by atoms with E-state index in [0.717, 1.165) is 5.56 Å². The van der Waals surface area contributed by atoms with Crippen molar-refractivity contribution in [1.29, 1.82) is 0 Å². The van der Waals surface area contributed by atoms with Crippen molar-refractivity contribution in [2.24, 2.45) is 7.05 Å². The summed E-state index contributed by atoms with van der Waals surface area (Å²) in [5.74, 6) is 0.361. The molecule has 134 valence electrons. The number of aromatic nitrogens is 2. The van der Waals surface area contributed by atoms with Gasteiger partial charge in [0, 0.05) is 7.05 Å². The maximum atomic E-state index is 12.2. The summed E-state index contributed by atoms with van der Waals surface area (Å²) in [6, 6.07) is 7.61. The van der Waals surface area contributed by atoms with Gasteiger partial charge >= 0.3 is 5.97 Å². The van der Waals surface area contributed by atoms with E-state index in [-0.39, 0.29) is 30.5 Å². The molecule has 1 aromatic carbocycles. The van der Waals surface area contributed by atoms with Crippen LogP contribution in [-0.2, 0) is 16.6 Å². The number of aryl methyl sites for hydroxylation is 1. The molecule has 1 N–H and O–H groups in total. The molecule has 0 bridgehead atoms. The first-order valence-corrected chi connectivity index (χ1v) is 8.14. The van der Waals surface area contributed by atoms with Gasteiger partial charge in [0.2, 0.25) is 0 Å². The topological polar surface area (TPSA) is 82.5 Å². The van der Waals surface area contributed by atoms with Crippen LogP contribution >= 0.6 is 0 Å². The molecule has 0 saturated heterocycles. The van der Waals surface area contributed by atoms with Gasteiger partial charge in [0.15, 0.2) is 6.61 Å². The Bertz CT molecular complexity index is 753. The Morgan fingerprint density at radius 3 is 2.76 bits per heavy atom. The summed E-state index contributed by atoms with van der Waals surface area (Å²) in [5, 5.41) is 6.62. The van der Waals surface area contributed by atoms with Crippen molar-refractivity contribution >= 4 is 17.7 Å². The fourth-order valence-corrected chi connectivity index (χ4v) is 2.22. The molecule has 0 aliphatic carbocycles. The number of carbonyl (C=O) groups excluding carboxylic acids is 2. The monoisotopic (exact) mass is 345 g/mol. The van der Waals surface area contributed by atoms with Crippen molar-refractivity contribution in [1.82, 2.24) is 9.78 Å². The van der Waals surface area contributed by atoms with E-state index in [1.807, 2.05) is 18.2 Å². The van der Waals surface area contributed by atoms with E-state index in [2.05, 4.69) is 24.3 Å². The van der Waals surface area contributed by atoms with Crippen LogP contribution < -0.4 is 10.1 Å². The highest BCUT2D eigenvalue weighted by Crippen LogP contribution is 2.20. The van der Waals surface area contributed by atoms with Crippen LogP contribution in [0.25, 0.3) is 0 Å². The van der Waals surface area contributed by atoms with E-state index in [0.29, 0.717) is 11.7 Å². The van der Waals surface area contributed by atoms with Gasteiger partial charge in [-0.3, -0.25) is 9.48 Å². The van der Waals surface area contributed by atoms with Gasteiger partial charge < -0.3 is 14.8 Å². The molecule has 2 rings (SSSR count). The summed E-state index contributed by atoms with van der Waals surface area (Å²) in [6.07, 6.45) is 1.36. The third-order valence-electron chi connectivity index (χ3n) is 3.59. The SMILES string of the molecule is CCOC(=O)c1cnn(C)c1NC(=O)COc1cccc(C(C)C)c1. The number of amides is 1. The number of nitrogens with one attached hydrogen (secondary N) is 1. The summed E-state index contributed by atoms with van der Waals surface area (Å²) in [4.78, 5) is 24.0. The molecule has 0 radical (unpaired) electrons. The molecule has 1 aromatic heterocycles. The summed E-state index contributed by atoms with van der Waals surface area (Å²) in [5.41, 5.74) is 1.34. The molecule has 0 aliphatic rings. The maximum Gasteiger partial charge on any atom is 0.343 e. The fourth-order valence-electron chi connectivity index (χ4n) is 2.22. The normalized spacial score (nSPS) is 10.6. The molecule has 0 spiro atoms. The Kier molecular flexibility index (Phi) is 6.16. The van der Waals surface area contributed by atoms with Gasteiger partial charge in [-0.2, -0.15) is 5.10 Å². The van der Waals surface area contributed by atoms with Crippen LogP contribution in [0, 0.1) is 0 Å². The molecule has 7 heteroatoms. The Morgan fingerprint density at radius 1 is 1.32 bits per heavy atom. The minimum Gasteiger partial charge on any atom is -0.484 e. The summed E-state index contributed by atoms with van der Waals surface area (Å²) in [6.45, 7) is 5.97. The lowest BCUT2D eigenvalue weighted by molar-refractivity contribution is -0.118. The predicted octanol–water partition coefficient (Wildman–Crippen LogP) is 2.74. The molecular weight excluding hydrogens is 322 g/mol. The van der Waals surface area contributed by atoms with Crippen LogP contribution in [0.1, 0.15) is 42.6 Å². The average molecular weight is 345 g/mol. The Labute approximate surface area is 146 Å². The van der Waals surface area contributed by atoms with Crippen LogP contribution in [0.5, 0.6) is 5.75 Å². The summed E-state index contributed by atoms with van der Waals surface area (Å²) >= 11 is 0. The summed E-state index contributed by atoms with van der Waals surface area (Å²) < 4.78 is 11.9. The molecule has 7 nitrogen and oxygen atoms in total. The average Bonchev–Trinajstić information content (AvgIpc) is 2.94.